The lowest BCUT2D eigenvalue weighted by molar-refractivity contribution is 0.172. The van der Waals surface area contributed by atoms with Gasteiger partial charge in [-0.2, -0.15) is 0 Å². The lowest BCUT2D eigenvalue weighted by Crippen LogP contribution is -2.08. The van der Waals surface area contributed by atoms with Crippen LogP contribution in [0.25, 0.3) is 0 Å². The van der Waals surface area contributed by atoms with Gasteiger partial charge in [-0.05, 0) is 26.0 Å². The fourth-order valence-corrected chi connectivity index (χ4v) is 2.15. The first-order valence-corrected chi connectivity index (χ1v) is 6.31. The fourth-order valence-electron chi connectivity index (χ4n) is 2.15. The van der Waals surface area contributed by atoms with E-state index in [1.807, 2.05) is 13.8 Å². The normalized spacial score (nSPS) is 12.2. The average molecular weight is 276 g/mol. The van der Waals surface area contributed by atoms with Gasteiger partial charge in [0.1, 0.15) is 17.7 Å². The highest BCUT2D eigenvalue weighted by molar-refractivity contribution is 5.41. The Bertz CT molecular complexity index is 600. The Morgan fingerprint density at radius 3 is 2.60 bits per heavy atom. The third-order valence-electron chi connectivity index (χ3n) is 3.23. The van der Waals surface area contributed by atoms with Gasteiger partial charge < -0.3 is 9.84 Å². The Morgan fingerprint density at radius 2 is 2.00 bits per heavy atom. The fraction of sp³-hybridized carbons (Fsp3) is 0.333. The van der Waals surface area contributed by atoms with Gasteiger partial charge in [-0.1, -0.05) is 0 Å². The van der Waals surface area contributed by atoms with E-state index in [1.165, 1.54) is 12.1 Å². The lowest BCUT2D eigenvalue weighted by atomic mass is 10.0. The first kappa shape index (κ1) is 14.4. The lowest BCUT2D eigenvalue weighted by Gasteiger charge is -2.15. The van der Waals surface area contributed by atoms with Crippen LogP contribution in [0.4, 0.5) is 4.39 Å². The van der Waals surface area contributed by atoms with Gasteiger partial charge >= 0.3 is 0 Å². The molecule has 0 aliphatic heterocycles. The summed E-state index contributed by atoms with van der Waals surface area (Å²) in [5.41, 5.74) is 3.01. The molecule has 0 aliphatic carbocycles. The molecule has 0 bridgehead atoms. The van der Waals surface area contributed by atoms with Gasteiger partial charge in [0.05, 0.1) is 19.0 Å². The number of halogens is 1. The first-order valence-electron chi connectivity index (χ1n) is 6.31. The zero-order valence-electron chi connectivity index (χ0n) is 11.7. The highest BCUT2D eigenvalue weighted by atomic mass is 19.1. The molecule has 2 aromatic rings. The number of aryl methyl sites for hydroxylation is 1. The predicted octanol–water partition coefficient (Wildman–Crippen LogP) is 2.52. The van der Waals surface area contributed by atoms with Crippen LogP contribution in [0.2, 0.25) is 0 Å². The highest BCUT2D eigenvalue weighted by Crippen LogP contribution is 2.26. The minimum Gasteiger partial charge on any atom is -0.496 e. The zero-order valence-corrected chi connectivity index (χ0v) is 11.7. The highest BCUT2D eigenvalue weighted by Gasteiger charge is 2.15. The van der Waals surface area contributed by atoms with Gasteiger partial charge in [0.25, 0.3) is 0 Å². The number of rotatable bonds is 4. The van der Waals surface area contributed by atoms with Crippen molar-refractivity contribution in [3.05, 3.63) is 52.9 Å². The van der Waals surface area contributed by atoms with Crippen LogP contribution in [-0.2, 0) is 6.42 Å². The Morgan fingerprint density at radius 1 is 1.25 bits per heavy atom. The van der Waals surface area contributed by atoms with E-state index >= 15 is 0 Å². The van der Waals surface area contributed by atoms with E-state index in [1.54, 1.807) is 13.3 Å². The Labute approximate surface area is 117 Å². The molecule has 2 aromatic heterocycles. The third kappa shape index (κ3) is 2.93. The molecule has 1 unspecified atom stereocenters. The van der Waals surface area contributed by atoms with Crippen molar-refractivity contribution >= 4 is 0 Å². The van der Waals surface area contributed by atoms with Gasteiger partial charge in [-0.25, -0.2) is 4.39 Å². The number of hydrogen-bond donors (Lipinski definition) is 1. The summed E-state index contributed by atoms with van der Waals surface area (Å²) in [6.45, 7) is 3.82. The van der Waals surface area contributed by atoms with E-state index in [0.29, 0.717) is 12.1 Å². The number of methoxy groups -OCH3 is 1. The van der Waals surface area contributed by atoms with E-state index in [9.17, 15) is 9.50 Å². The van der Waals surface area contributed by atoms with Crippen LogP contribution < -0.4 is 4.74 Å². The van der Waals surface area contributed by atoms with Gasteiger partial charge in [-0.15, -0.1) is 0 Å². The number of aromatic nitrogens is 2. The molecule has 0 saturated carbocycles. The maximum absolute atomic E-state index is 12.8. The van der Waals surface area contributed by atoms with Crippen LogP contribution in [0.3, 0.4) is 0 Å². The van der Waals surface area contributed by atoms with Crippen LogP contribution in [-0.4, -0.2) is 22.2 Å². The summed E-state index contributed by atoms with van der Waals surface area (Å²) < 4.78 is 18.1. The summed E-state index contributed by atoms with van der Waals surface area (Å²) in [6.07, 6.45) is 2.29. The van der Waals surface area contributed by atoms with E-state index < -0.39 is 11.9 Å². The van der Waals surface area contributed by atoms with Crippen molar-refractivity contribution in [1.82, 2.24) is 9.97 Å². The second-order valence-electron chi connectivity index (χ2n) is 4.67. The smallest absolute Gasteiger partial charge is 0.141 e. The largest absolute Gasteiger partial charge is 0.496 e. The van der Waals surface area contributed by atoms with Crippen molar-refractivity contribution in [2.45, 2.75) is 26.4 Å². The SMILES string of the molecule is COc1c(C)cnc(CC(O)c2ccc(F)cn2)c1C. The number of aliphatic hydroxyl groups excluding tert-OH is 1. The van der Waals surface area contributed by atoms with E-state index in [-0.39, 0.29) is 0 Å². The first-order chi connectivity index (χ1) is 9.52. The topological polar surface area (TPSA) is 55.2 Å². The Hall–Kier alpha value is -2.01. The molecule has 0 radical (unpaired) electrons. The van der Waals surface area contributed by atoms with Crippen molar-refractivity contribution in [2.75, 3.05) is 7.11 Å². The second-order valence-corrected chi connectivity index (χ2v) is 4.67. The minimum absolute atomic E-state index is 0.307. The molecule has 0 saturated heterocycles. The number of aliphatic hydroxyl groups is 1. The molecule has 20 heavy (non-hydrogen) atoms. The van der Waals surface area contributed by atoms with Crippen molar-refractivity contribution in [2.24, 2.45) is 0 Å². The molecule has 0 aliphatic rings. The molecule has 5 heteroatoms. The van der Waals surface area contributed by atoms with Crippen molar-refractivity contribution in [1.29, 1.82) is 0 Å². The Kier molecular flexibility index (Phi) is 4.29. The zero-order chi connectivity index (χ0) is 14.7. The second kappa shape index (κ2) is 5.96. The molecule has 0 aromatic carbocycles. The summed E-state index contributed by atoms with van der Waals surface area (Å²) in [5, 5.41) is 10.2. The predicted molar refractivity (Wildman–Crippen MR) is 73.1 cm³/mol. The van der Waals surface area contributed by atoms with Crippen LogP contribution in [0.5, 0.6) is 5.75 Å². The number of pyridine rings is 2. The van der Waals surface area contributed by atoms with Crippen LogP contribution in [0.1, 0.15) is 28.6 Å². The van der Waals surface area contributed by atoms with Crippen molar-refractivity contribution < 1.29 is 14.2 Å². The maximum atomic E-state index is 12.8. The molecule has 0 fully saturated rings. The van der Waals surface area contributed by atoms with Crippen molar-refractivity contribution in [3.63, 3.8) is 0 Å². The number of ether oxygens (including phenoxy) is 1. The average Bonchev–Trinajstić information content (AvgIpc) is 2.43. The van der Waals surface area contributed by atoms with Crippen LogP contribution in [0.15, 0.2) is 24.5 Å². The van der Waals surface area contributed by atoms with E-state index in [4.69, 9.17) is 4.74 Å². The van der Waals surface area contributed by atoms with Crippen LogP contribution in [0, 0.1) is 19.7 Å². The molecule has 2 rings (SSSR count). The summed E-state index contributed by atoms with van der Waals surface area (Å²) >= 11 is 0. The van der Waals surface area contributed by atoms with Crippen LogP contribution >= 0.6 is 0 Å². The standard InChI is InChI=1S/C15H17FN2O2/c1-9-7-17-13(10(2)15(9)20-3)6-14(19)12-5-4-11(16)8-18-12/h4-5,7-8,14,19H,6H2,1-3H3. The Balaban J connectivity index is 2.23. The quantitative estimate of drug-likeness (QED) is 0.932. The summed E-state index contributed by atoms with van der Waals surface area (Å²) in [4.78, 5) is 8.21. The molecule has 1 atom stereocenters. The molecule has 1 N–H and O–H groups in total. The van der Waals surface area contributed by atoms with E-state index in [2.05, 4.69) is 9.97 Å². The summed E-state index contributed by atoms with van der Waals surface area (Å²) in [5.74, 6) is 0.349. The molecular formula is C15H17FN2O2. The molecule has 2 heterocycles. The van der Waals surface area contributed by atoms with Gasteiger partial charge in [0.15, 0.2) is 0 Å². The monoisotopic (exact) mass is 276 g/mol. The minimum atomic E-state index is -0.825. The molecular weight excluding hydrogens is 259 g/mol. The van der Waals surface area contributed by atoms with Gasteiger partial charge in [-0.3, -0.25) is 9.97 Å². The number of nitrogens with zero attached hydrogens (tertiary/aromatic N) is 2. The summed E-state index contributed by atoms with van der Waals surface area (Å²) in [7, 11) is 1.61. The summed E-state index contributed by atoms with van der Waals surface area (Å²) in [6, 6.07) is 2.75. The molecule has 0 spiro atoms. The molecule has 106 valence electrons. The number of hydrogen-bond acceptors (Lipinski definition) is 4. The third-order valence-corrected chi connectivity index (χ3v) is 3.23. The molecule has 0 amide bonds. The van der Waals surface area contributed by atoms with Gasteiger partial charge in [0, 0.05) is 29.4 Å². The molecule has 4 nitrogen and oxygen atoms in total. The maximum Gasteiger partial charge on any atom is 0.141 e. The van der Waals surface area contributed by atoms with Gasteiger partial charge in [0.2, 0.25) is 0 Å². The van der Waals surface area contributed by atoms with Crippen molar-refractivity contribution in [3.8, 4) is 5.75 Å². The van der Waals surface area contributed by atoms with E-state index in [0.717, 1.165) is 28.8 Å².